The predicted octanol–water partition coefficient (Wildman–Crippen LogP) is 0.724. The van der Waals surface area contributed by atoms with Crippen molar-refractivity contribution in [3.05, 3.63) is 22.2 Å². The second kappa shape index (κ2) is 2.96. The Balaban J connectivity index is 2.63. The van der Waals surface area contributed by atoms with E-state index in [1.165, 1.54) is 0 Å². The summed E-state index contributed by atoms with van der Waals surface area (Å²) in [7, 11) is 0. The number of hydrogen-bond donors (Lipinski definition) is 1. The van der Waals surface area contributed by atoms with Gasteiger partial charge in [-0.15, -0.1) is 0 Å². The fourth-order valence-corrected chi connectivity index (χ4v) is 1.68. The van der Waals surface area contributed by atoms with Gasteiger partial charge in [0.15, 0.2) is 0 Å². The molecule has 1 N–H and O–H groups in total. The minimum atomic E-state index is -0.101. The van der Waals surface area contributed by atoms with Gasteiger partial charge in [0, 0.05) is 13.0 Å². The summed E-state index contributed by atoms with van der Waals surface area (Å²) < 4.78 is 0. The van der Waals surface area contributed by atoms with E-state index in [0.717, 1.165) is 12.1 Å². The first-order valence-electron chi connectivity index (χ1n) is 3.99. The summed E-state index contributed by atoms with van der Waals surface area (Å²) in [4.78, 5) is 19.3. The summed E-state index contributed by atoms with van der Waals surface area (Å²) in [6.45, 7) is 2.38. The van der Waals surface area contributed by atoms with Gasteiger partial charge in [-0.3, -0.25) is 4.79 Å². The lowest BCUT2D eigenvalue weighted by molar-refractivity contribution is 0.0944. The largest absolute Gasteiger partial charge is 0.352 e. The molecule has 0 spiro atoms. The number of fused-ring (bicyclic) bond motifs is 1. The van der Waals surface area contributed by atoms with Crippen molar-refractivity contribution in [3.8, 4) is 0 Å². The molecule has 1 aromatic rings. The Labute approximate surface area is 80.3 Å². The van der Waals surface area contributed by atoms with Crippen LogP contribution in [-0.2, 0) is 6.42 Å². The van der Waals surface area contributed by atoms with E-state index in [0.29, 0.717) is 17.8 Å². The molecule has 0 aliphatic carbocycles. The monoisotopic (exact) mass is 197 g/mol. The van der Waals surface area contributed by atoms with Crippen LogP contribution in [0.15, 0.2) is 0 Å². The van der Waals surface area contributed by atoms with Crippen LogP contribution < -0.4 is 5.32 Å². The molecule has 1 aliphatic rings. The average molecular weight is 198 g/mol. The maximum atomic E-state index is 11.4. The van der Waals surface area contributed by atoms with Crippen LogP contribution in [0.5, 0.6) is 0 Å². The first kappa shape index (κ1) is 8.44. The van der Waals surface area contributed by atoms with Gasteiger partial charge in [-0.2, -0.15) is 0 Å². The first-order chi connectivity index (χ1) is 6.18. The van der Waals surface area contributed by atoms with E-state index in [1.54, 1.807) is 6.92 Å². The third kappa shape index (κ3) is 1.37. The Morgan fingerprint density at radius 3 is 3.00 bits per heavy atom. The van der Waals surface area contributed by atoms with Crippen LogP contribution in [0, 0.1) is 6.92 Å². The lowest BCUT2D eigenvalue weighted by Crippen LogP contribution is -2.33. The first-order valence-corrected chi connectivity index (χ1v) is 4.37. The summed E-state index contributed by atoms with van der Waals surface area (Å²) in [5.41, 5.74) is 1.98. The van der Waals surface area contributed by atoms with Gasteiger partial charge in [0.2, 0.25) is 5.28 Å². The number of nitrogens with zero attached hydrogens (tertiary/aromatic N) is 2. The van der Waals surface area contributed by atoms with Gasteiger partial charge >= 0.3 is 0 Å². The Morgan fingerprint density at radius 1 is 1.46 bits per heavy atom. The lowest BCUT2D eigenvalue weighted by atomic mass is 10.1. The third-order valence-corrected chi connectivity index (χ3v) is 2.18. The molecule has 0 atom stereocenters. The molecule has 0 unspecified atom stereocenters. The Kier molecular flexibility index (Phi) is 1.92. The zero-order chi connectivity index (χ0) is 9.42. The van der Waals surface area contributed by atoms with Crippen LogP contribution in [-0.4, -0.2) is 22.4 Å². The van der Waals surface area contributed by atoms with Crippen molar-refractivity contribution in [2.75, 3.05) is 6.54 Å². The molecular weight excluding hydrogens is 190 g/mol. The van der Waals surface area contributed by atoms with Gasteiger partial charge in [-0.1, -0.05) is 0 Å². The van der Waals surface area contributed by atoms with Gasteiger partial charge in [-0.25, -0.2) is 9.97 Å². The van der Waals surface area contributed by atoms with Crippen molar-refractivity contribution in [2.24, 2.45) is 0 Å². The number of nitrogens with one attached hydrogen (secondary N) is 1. The Morgan fingerprint density at radius 2 is 2.23 bits per heavy atom. The number of aromatic nitrogens is 2. The zero-order valence-electron chi connectivity index (χ0n) is 7.09. The minimum absolute atomic E-state index is 0.101. The van der Waals surface area contributed by atoms with Gasteiger partial charge in [0.25, 0.3) is 5.91 Å². The van der Waals surface area contributed by atoms with Crippen LogP contribution in [0.2, 0.25) is 5.28 Å². The van der Waals surface area contributed by atoms with Crippen LogP contribution in [0.3, 0.4) is 0 Å². The SMILES string of the molecule is Cc1nc(Cl)nc2c1C(=O)NCC2. The van der Waals surface area contributed by atoms with E-state index in [-0.39, 0.29) is 11.2 Å². The summed E-state index contributed by atoms with van der Waals surface area (Å²) in [6, 6.07) is 0. The molecule has 68 valence electrons. The minimum Gasteiger partial charge on any atom is -0.352 e. The summed E-state index contributed by atoms with van der Waals surface area (Å²) >= 11 is 5.68. The number of rotatable bonds is 0. The Hall–Kier alpha value is -1.16. The summed E-state index contributed by atoms with van der Waals surface area (Å²) in [6.07, 6.45) is 0.726. The average Bonchev–Trinajstić information content (AvgIpc) is 2.02. The normalized spacial score (nSPS) is 15.1. The molecule has 1 aliphatic heterocycles. The molecule has 0 radical (unpaired) electrons. The van der Waals surface area contributed by atoms with E-state index in [1.807, 2.05) is 0 Å². The highest BCUT2D eigenvalue weighted by molar-refractivity contribution is 6.28. The topological polar surface area (TPSA) is 54.9 Å². The van der Waals surface area contributed by atoms with Crippen molar-refractivity contribution < 1.29 is 4.79 Å². The molecule has 1 aromatic heterocycles. The van der Waals surface area contributed by atoms with Crippen molar-refractivity contribution in [1.82, 2.24) is 15.3 Å². The molecule has 0 aromatic carbocycles. The standard InChI is InChI=1S/C8H8ClN3O/c1-4-6-5(12-8(9)11-4)2-3-10-7(6)13/h2-3H2,1H3,(H,10,13). The predicted molar refractivity (Wildman–Crippen MR) is 47.8 cm³/mol. The van der Waals surface area contributed by atoms with Crippen molar-refractivity contribution >= 4 is 17.5 Å². The van der Waals surface area contributed by atoms with Gasteiger partial charge in [-0.05, 0) is 18.5 Å². The Bertz CT molecular complexity index is 378. The molecule has 1 amide bonds. The third-order valence-electron chi connectivity index (χ3n) is 2.01. The highest BCUT2D eigenvalue weighted by Crippen LogP contribution is 2.16. The lowest BCUT2D eigenvalue weighted by Gasteiger charge is -2.16. The van der Waals surface area contributed by atoms with Crippen LogP contribution in [0.25, 0.3) is 0 Å². The van der Waals surface area contributed by atoms with Gasteiger partial charge in [0.1, 0.15) is 0 Å². The molecular formula is C8H8ClN3O. The molecule has 0 saturated heterocycles. The second-order valence-corrected chi connectivity index (χ2v) is 3.24. The zero-order valence-corrected chi connectivity index (χ0v) is 7.85. The molecule has 0 fully saturated rings. The fraction of sp³-hybridized carbons (Fsp3) is 0.375. The number of halogens is 1. The molecule has 0 bridgehead atoms. The van der Waals surface area contributed by atoms with E-state index in [9.17, 15) is 4.79 Å². The summed E-state index contributed by atoms with van der Waals surface area (Å²) in [5, 5.41) is 2.95. The van der Waals surface area contributed by atoms with E-state index < -0.39 is 0 Å². The molecule has 4 nitrogen and oxygen atoms in total. The number of carbonyl (C=O) groups is 1. The molecule has 2 rings (SSSR count). The second-order valence-electron chi connectivity index (χ2n) is 2.91. The number of carbonyl (C=O) groups excluding carboxylic acids is 1. The molecule has 2 heterocycles. The van der Waals surface area contributed by atoms with E-state index in [4.69, 9.17) is 11.6 Å². The van der Waals surface area contributed by atoms with E-state index in [2.05, 4.69) is 15.3 Å². The number of amides is 1. The highest BCUT2D eigenvalue weighted by atomic mass is 35.5. The molecule has 0 saturated carbocycles. The number of hydrogen-bond acceptors (Lipinski definition) is 3. The molecule has 5 heteroatoms. The molecule has 13 heavy (non-hydrogen) atoms. The smallest absolute Gasteiger partial charge is 0.255 e. The van der Waals surface area contributed by atoms with Gasteiger partial charge in [0.05, 0.1) is 17.0 Å². The van der Waals surface area contributed by atoms with Crippen LogP contribution >= 0.6 is 11.6 Å². The van der Waals surface area contributed by atoms with Crippen molar-refractivity contribution in [3.63, 3.8) is 0 Å². The van der Waals surface area contributed by atoms with Gasteiger partial charge < -0.3 is 5.32 Å². The quantitative estimate of drug-likeness (QED) is 0.624. The summed E-state index contributed by atoms with van der Waals surface area (Å²) in [5.74, 6) is -0.101. The fourth-order valence-electron chi connectivity index (χ4n) is 1.45. The van der Waals surface area contributed by atoms with Crippen LogP contribution in [0.4, 0.5) is 0 Å². The van der Waals surface area contributed by atoms with Crippen molar-refractivity contribution in [2.45, 2.75) is 13.3 Å². The highest BCUT2D eigenvalue weighted by Gasteiger charge is 2.21. The maximum absolute atomic E-state index is 11.4. The number of aryl methyl sites for hydroxylation is 1. The van der Waals surface area contributed by atoms with Crippen molar-refractivity contribution in [1.29, 1.82) is 0 Å². The maximum Gasteiger partial charge on any atom is 0.255 e. The van der Waals surface area contributed by atoms with Crippen LogP contribution in [0.1, 0.15) is 21.7 Å². The van der Waals surface area contributed by atoms with E-state index >= 15 is 0 Å².